The van der Waals surface area contributed by atoms with Crippen LogP contribution in [0.15, 0.2) is 16.9 Å². The topological polar surface area (TPSA) is 37.8 Å². The Balaban J connectivity index is 2.49. The van der Waals surface area contributed by atoms with Crippen LogP contribution in [0.4, 0.5) is 5.95 Å². The summed E-state index contributed by atoms with van der Waals surface area (Å²) in [5.41, 5.74) is 0. The summed E-state index contributed by atoms with van der Waals surface area (Å²) in [5.74, 6) is 1.74. The quantitative estimate of drug-likeness (QED) is 0.904. The number of nitrogens with one attached hydrogen (secondary N) is 1. The third-order valence-electron chi connectivity index (χ3n) is 1.41. The lowest BCUT2D eigenvalue weighted by Crippen LogP contribution is -2.19. The molecule has 0 radical (unpaired) electrons. The molecule has 13 heavy (non-hydrogen) atoms. The van der Waals surface area contributed by atoms with E-state index in [0.717, 1.165) is 10.2 Å². The zero-order valence-electron chi connectivity index (χ0n) is 7.62. The van der Waals surface area contributed by atoms with E-state index < -0.39 is 0 Å². The zero-order valence-corrected chi connectivity index (χ0v) is 10.0. The number of rotatable bonds is 4. The van der Waals surface area contributed by atoms with Crippen LogP contribution in [0.25, 0.3) is 0 Å². The van der Waals surface area contributed by atoms with Crippen LogP contribution < -0.4 is 5.32 Å². The van der Waals surface area contributed by atoms with Gasteiger partial charge in [-0.15, -0.1) is 0 Å². The van der Waals surface area contributed by atoms with Crippen molar-refractivity contribution in [1.82, 2.24) is 9.97 Å². The summed E-state index contributed by atoms with van der Waals surface area (Å²) in [6.07, 6.45) is 5.56. The van der Waals surface area contributed by atoms with Crippen LogP contribution in [0, 0.1) is 0 Å². The van der Waals surface area contributed by atoms with E-state index in [0.29, 0.717) is 12.0 Å². The van der Waals surface area contributed by atoms with E-state index in [1.54, 1.807) is 24.2 Å². The van der Waals surface area contributed by atoms with Crippen LogP contribution in [-0.4, -0.2) is 28.0 Å². The van der Waals surface area contributed by atoms with Gasteiger partial charge in [-0.05, 0) is 29.1 Å². The summed E-state index contributed by atoms with van der Waals surface area (Å²) in [6, 6.07) is 0.399. The average Bonchev–Trinajstić information content (AvgIpc) is 2.09. The predicted molar refractivity (Wildman–Crippen MR) is 61.2 cm³/mol. The number of hydrogen-bond donors (Lipinski definition) is 1. The van der Waals surface area contributed by atoms with Gasteiger partial charge in [0.25, 0.3) is 0 Å². The lowest BCUT2D eigenvalue weighted by atomic mass is 10.4. The first kappa shape index (κ1) is 10.8. The van der Waals surface area contributed by atoms with Crippen molar-refractivity contribution in [1.29, 1.82) is 0 Å². The van der Waals surface area contributed by atoms with Gasteiger partial charge in [0.1, 0.15) is 0 Å². The van der Waals surface area contributed by atoms with Crippen molar-refractivity contribution in [3.63, 3.8) is 0 Å². The number of aromatic nitrogens is 2. The molecular formula is C8H12BrN3S. The molecule has 0 spiro atoms. The Labute approximate surface area is 90.9 Å². The van der Waals surface area contributed by atoms with E-state index in [2.05, 4.69) is 44.4 Å². The van der Waals surface area contributed by atoms with Crippen LogP contribution in [0.5, 0.6) is 0 Å². The Morgan fingerprint density at radius 1 is 1.54 bits per heavy atom. The van der Waals surface area contributed by atoms with Crippen molar-refractivity contribution in [2.45, 2.75) is 13.0 Å². The summed E-state index contributed by atoms with van der Waals surface area (Å²) >= 11 is 5.09. The lowest BCUT2D eigenvalue weighted by molar-refractivity contribution is 0.886. The fourth-order valence-electron chi connectivity index (χ4n) is 0.899. The molecule has 5 heteroatoms. The molecule has 0 aromatic carbocycles. The average molecular weight is 262 g/mol. The molecule has 1 N–H and O–H groups in total. The highest BCUT2D eigenvalue weighted by atomic mass is 79.9. The minimum Gasteiger partial charge on any atom is -0.351 e. The maximum atomic E-state index is 4.12. The summed E-state index contributed by atoms with van der Waals surface area (Å²) in [6.45, 7) is 2.11. The first-order valence-electron chi connectivity index (χ1n) is 3.95. The van der Waals surface area contributed by atoms with E-state index in [-0.39, 0.29) is 0 Å². The van der Waals surface area contributed by atoms with Crippen molar-refractivity contribution in [3.8, 4) is 0 Å². The van der Waals surface area contributed by atoms with Crippen LogP contribution in [-0.2, 0) is 0 Å². The van der Waals surface area contributed by atoms with Crippen LogP contribution in [0.3, 0.4) is 0 Å². The van der Waals surface area contributed by atoms with E-state index in [9.17, 15) is 0 Å². The van der Waals surface area contributed by atoms with E-state index >= 15 is 0 Å². The van der Waals surface area contributed by atoms with Gasteiger partial charge in [-0.2, -0.15) is 11.8 Å². The highest BCUT2D eigenvalue weighted by molar-refractivity contribution is 9.10. The fraction of sp³-hybridized carbons (Fsp3) is 0.500. The molecule has 0 saturated carbocycles. The molecular weight excluding hydrogens is 250 g/mol. The van der Waals surface area contributed by atoms with Crippen molar-refractivity contribution >= 4 is 33.6 Å². The first-order chi connectivity index (χ1) is 6.22. The molecule has 72 valence electrons. The Hall–Kier alpha value is -0.290. The molecule has 0 aliphatic rings. The van der Waals surface area contributed by atoms with Gasteiger partial charge in [0, 0.05) is 24.2 Å². The molecule has 0 bridgehead atoms. The molecule has 0 fully saturated rings. The van der Waals surface area contributed by atoms with Gasteiger partial charge in [0.15, 0.2) is 0 Å². The molecule has 1 rings (SSSR count). The Bertz CT molecular complexity index is 252. The second kappa shape index (κ2) is 5.44. The first-order valence-corrected chi connectivity index (χ1v) is 6.14. The molecule has 1 aromatic rings. The van der Waals surface area contributed by atoms with Crippen molar-refractivity contribution in [2.24, 2.45) is 0 Å². The van der Waals surface area contributed by atoms with Gasteiger partial charge in [-0.1, -0.05) is 0 Å². The SMILES string of the molecule is CSCC(C)Nc1ncc(Br)cn1. The summed E-state index contributed by atoms with van der Waals surface area (Å²) in [4.78, 5) is 8.24. The summed E-state index contributed by atoms with van der Waals surface area (Å²) < 4.78 is 0.899. The second-order valence-corrected chi connectivity index (χ2v) is 4.55. The highest BCUT2D eigenvalue weighted by Crippen LogP contribution is 2.08. The largest absolute Gasteiger partial charge is 0.351 e. The molecule has 0 amide bonds. The molecule has 1 aromatic heterocycles. The van der Waals surface area contributed by atoms with Crippen LogP contribution >= 0.6 is 27.7 Å². The minimum atomic E-state index is 0.399. The smallest absolute Gasteiger partial charge is 0.222 e. The standard InChI is InChI=1S/C8H12BrN3S/c1-6(5-13-2)12-8-10-3-7(9)4-11-8/h3-4,6H,5H2,1-2H3,(H,10,11,12). The minimum absolute atomic E-state index is 0.399. The van der Waals surface area contributed by atoms with Crippen molar-refractivity contribution in [3.05, 3.63) is 16.9 Å². The molecule has 1 atom stereocenters. The van der Waals surface area contributed by atoms with Crippen LogP contribution in [0.1, 0.15) is 6.92 Å². The molecule has 0 aliphatic heterocycles. The zero-order chi connectivity index (χ0) is 9.68. The van der Waals surface area contributed by atoms with Crippen LogP contribution in [0.2, 0.25) is 0 Å². The molecule has 1 heterocycles. The Morgan fingerprint density at radius 2 is 2.15 bits per heavy atom. The fourth-order valence-corrected chi connectivity index (χ4v) is 1.69. The van der Waals surface area contributed by atoms with Gasteiger partial charge in [-0.3, -0.25) is 0 Å². The van der Waals surface area contributed by atoms with Crippen molar-refractivity contribution < 1.29 is 0 Å². The maximum Gasteiger partial charge on any atom is 0.222 e. The normalized spacial score (nSPS) is 12.5. The Kier molecular flexibility index (Phi) is 4.52. The summed E-state index contributed by atoms with van der Waals surface area (Å²) in [7, 11) is 0. The molecule has 0 aliphatic carbocycles. The maximum absolute atomic E-state index is 4.12. The van der Waals surface area contributed by atoms with E-state index in [1.165, 1.54) is 0 Å². The predicted octanol–water partition coefficient (Wildman–Crippen LogP) is 2.40. The van der Waals surface area contributed by atoms with E-state index in [4.69, 9.17) is 0 Å². The third kappa shape index (κ3) is 3.95. The lowest BCUT2D eigenvalue weighted by Gasteiger charge is -2.11. The molecule has 3 nitrogen and oxygen atoms in total. The number of thioether (sulfide) groups is 1. The highest BCUT2D eigenvalue weighted by Gasteiger charge is 2.01. The van der Waals surface area contributed by atoms with Gasteiger partial charge < -0.3 is 5.32 Å². The molecule has 0 saturated heterocycles. The van der Waals surface area contributed by atoms with E-state index in [1.807, 2.05) is 0 Å². The monoisotopic (exact) mass is 261 g/mol. The number of nitrogens with zero attached hydrogens (tertiary/aromatic N) is 2. The number of halogens is 1. The van der Waals surface area contributed by atoms with Gasteiger partial charge in [0.2, 0.25) is 5.95 Å². The molecule has 1 unspecified atom stereocenters. The number of anilines is 1. The number of hydrogen-bond acceptors (Lipinski definition) is 4. The third-order valence-corrected chi connectivity index (χ3v) is 2.66. The van der Waals surface area contributed by atoms with Crippen molar-refractivity contribution in [2.75, 3.05) is 17.3 Å². The summed E-state index contributed by atoms with van der Waals surface area (Å²) in [5, 5.41) is 3.21. The van der Waals surface area contributed by atoms with Gasteiger partial charge >= 0.3 is 0 Å². The second-order valence-electron chi connectivity index (χ2n) is 2.73. The van der Waals surface area contributed by atoms with Gasteiger partial charge in [0.05, 0.1) is 4.47 Å². The Morgan fingerprint density at radius 3 is 2.69 bits per heavy atom. The van der Waals surface area contributed by atoms with Gasteiger partial charge in [-0.25, -0.2) is 9.97 Å².